The van der Waals surface area contributed by atoms with Crippen LogP contribution in [0.5, 0.6) is 0 Å². The molecule has 1 aromatic heterocycles. The van der Waals surface area contributed by atoms with Crippen molar-refractivity contribution in [2.75, 3.05) is 34.4 Å². The van der Waals surface area contributed by atoms with E-state index in [2.05, 4.69) is 16.0 Å². The van der Waals surface area contributed by atoms with Crippen LogP contribution in [0, 0.1) is 0 Å². The van der Waals surface area contributed by atoms with Gasteiger partial charge in [-0.1, -0.05) is 18.2 Å². The molecule has 4 rings (SSSR count). The van der Waals surface area contributed by atoms with Crippen LogP contribution in [0.25, 0.3) is 0 Å². The van der Waals surface area contributed by atoms with Crippen LogP contribution in [0.4, 0.5) is 11.4 Å². The van der Waals surface area contributed by atoms with Gasteiger partial charge >= 0.3 is 0 Å². The molecular formula is C21H25N3O3S. The summed E-state index contributed by atoms with van der Waals surface area (Å²) in [5, 5.41) is 0. The first-order chi connectivity index (χ1) is 13.5. The molecule has 1 atom stereocenters. The van der Waals surface area contributed by atoms with Gasteiger partial charge in [0.25, 0.3) is 5.91 Å². The minimum Gasteiger partial charge on any atom is -0.368 e. The summed E-state index contributed by atoms with van der Waals surface area (Å²) in [5.41, 5.74) is 3.39. The van der Waals surface area contributed by atoms with Gasteiger partial charge in [0.15, 0.2) is 9.84 Å². The number of fused-ring (bicyclic) bond motifs is 1. The summed E-state index contributed by atoms with van der Waals surface area (Å²) in [5.74, 6) is 0.297. The largest absolute Gasteiger partial charge is 0.368 e. The lowest BCUT2D eigenvalue weighted by Gasteiger charge is -2.31. The number of rotatable bonds is 4. The first-order valence-electron chi connectivity index (χ1n) is 9.81. The fourth-order valence-electron chi connectivity index (χ4n) is 4.27. The van der Waals surface area contributed by atoms with E-state index in [9.17, 15) is 13.2 Å². The second-order valence-electron chi connectivity index (χ2n) is 7.43. The Morgan fingerprint density at radius 2 is 2.11 bits per heavy atom. The number of aromatic nitrogens is 1. The van der Waals surface area contributed by atoms with Crippen molar-refractivity contribution in [3.05, 3.63) is 53.9 Å². The molecule has 1 unspecified atom stereocenters. The van der Waals surface area contributed by atoms with Crippen molar-refractivity contribution in [3.8, 4) is 0 Å². The maximum absolute atomic E-state index is 13.2. The number of nitrogens with zero attached hydrogens (tertiary/aromatic N) is 3. The van der Waals surface area contributed by atoms with Crippen LogP contribution in [0.3, 0.4) is 0 Å². The summed E-state index contributed by atoms with van der Waals surface area (Å²) in [6.07, 6.45) is 4.18. The molecular weight excluding hydrogens is 374 g/mol. The Kier molecular flexibility index (Phi) is 5.10. The average Bonchev–Trinajstić information content (AvgIpc) is 3.07. The quantitative estimate of drug-likeness (QED) is 0.791. The van der Waals surface area contributed by atoms with Crippen LogP contribution in [0.15, 0.2) is 42.6 Å². The van der Waals surface area contributed by atoms with Crippen LogP contribution >= 0.6 is 0 Å². The number of aryl methyl sites for hydroxylation is 1. The number of sulfone groups is 1. The van der Waals surface area contributed by atoms with E-state index in [0.717, 1.165) is 24.2 Å². The van der Waals surface area contributed by atoms with Gasteiger partial charge < -0.3 is 9.80 Å². The molecule has 6 nitrogen and oxygen atoms in total. The van der Waals surface area contributed by atoms with Gasteiger partial charge in [0.2, 0.25) is 0 Å². The Morgan fingerprint density at radius 3 is 2.86 bits per heavy atom. The predicted octanol–water partition coefficient (Wildman–Crippen LogP) is 2.69. The molecule has 1 saturated heterocycles. The summed E-state index contributed by atoms with van der Waals surface area (Å²) in [7, 11) is -2.97. The lowest BCUT2D eigenvalue weighted by atomic mass is 10.0. The number of anilines is 2. The molecule has 148 valence electrons. The first-order valence-corrected chi connectivity index (χ1v) is 11.6. The molecule has 0 N–H and O–H groups in total. The number of hydrogen-bond donors (Lipinski definition) is 0. The standard InChI is InChI=1S/C21H25N3O3S/c1-2-23(18-10-13-28(26,27)15-18)17-9-11-22-19(14-17)21(25)24-12-5-7-16-6-3-4-8-20(16)24/h3-4,6,8-9,11,14,18H,2,5,7,10,12-13,15H2,1H3. The van der Waals surface area contributed by atoms with Gasteiger partial charge in [-0.2, -0.15) is 0 Å². The maximum atomic E-state index is 13.2. The van der Waals surface area contributed by atoms with Crippen molar-refractivity contribution in [2.45, 2.75) is 32.2 Å². The van der Waals surface area contributed by atoms with E-state index in [1.807, 2.05) is 31.2 Å². The van der Waals surface area contributed by atoms with Gasteiger partial charge in [0.1, 0.15) is 5.69 Å². The molecule has 7 heteroatoms. The second kappa shape index (κ2) is 7.54. The zero-order valence-corrected chi connectivity index (χ0v) is 16.9. The van der Waals surface area contributed by atoms with Gasteiger partial charge in [-0.25, -0.2) is 8.42 Å². The highest BCUT2D eigenvalue weighted by molar-refractivity contribution is 7.91. The zero-order valence-electron chi connectivity index (χ0n) is 16.0. The Labute approximate surface area is 166 Å². The first kappa shape index (κ1) is 18.9. The fraction of sp³-hybridized carbons (Fsp3) is 0.429. The molecule has 0 spiro atoms. The molecule has 0 saturated carbocycles. The highest BCUT2D eigenvalue weighted by Crippen LogP contribution is 2.29. The lowest BCUT2D eigenvalue weighted by molar-refractivity contribution is 0.0980. The predicted molar refractivity (Wildman–Crippen MR) is 111 cm³/mol. The monoisotopic (exact) mass is 399 g/mol. The maximum Gasteiger partial charge on any atom is 0.276 e. The third-order valence-electron chi connectivity index (χ3n) is 5.64. The molecule has 0 aliphatic carbocycles. The number of pyridine rings is 1. The average molecular weight is 400 g/mol. The lowest BCUT2D eigenvalue weighted by Crippen LogP contribution is -2.37. The highest BCUT2D eigenvalue weighted by atomic mass is 32.2. The number of carbonyl (C=O) groups excluding carboxylic acids is 1. The number of amides is 1. The Morgan fingerprint density at radius 1 is 1.29 bits per heavy atom. The molecule has 2 aliphatic rings. The minimum absolute atomic E-state index is 0.0453. The van der Waals surface area contributed by atoms with E-state index < -0.39 is 9.84 Å². The van der Waals surface area contributed by atoms with E-state index in [4.69, 9.17) is 0 Å². The van der Waals surface area contributed by atoms with Crippen LogP contribution in [-0.4, -0.2) is 49.9 Å². The summed E-state index contributed by atoms with van der Waals surface area (Å²) in [6, 6.07) is 11.6. The van der Waals surface area contributed by atoms with Crippen LogP contribution in [0.1, 0.15) is 35.8 Å². The van der Waals surface area contributed by atoms with Crippen LogP contribution in [0.2, 0.25) is 0 Å². The Bertz CT molecular complexity index is 990. The SMILES string of the molecule is CCN(c1ccnc(C(=O)N2CCCc3ccccc32)c1)C1CCS(=O)(=O)C1. The molecule has 3 heterocycles. The Hall–Kier alpha value is -2.41. The van der Waals surface area contributed by atoms with Crippen molar-refractivity contribution in [1.82, 2.24) is 4.98 Å². The summed E-state index contributed by atoms with van der Waals surface area (Å²) in [6.45, 7) is 3.37. The van der Waals surface area contributed by atoms with Gasteiger partial charge in [-0.05, 0) is 49.9 Å². The van der Waals surface area contributed by atoms with Gasteiger partial charge in [-0.3, -0.25) is 9.78 Å². The van der Waals surface area contributed by atoms with E-state index in [-0.39, 0.29) is 23.5 Å². The Balaban J connectivity index is 1.61. The summed E-state index contributed by atoms with van der Waals surface area (Å²) >= 11 is 0. The third-order valence-corrected chi connectivity index (χ3v) is 7.39. The van der Waals surface area contributed by atoms with Crippen molar-refractivity contribution >= 4 is 27.1 Å². The topological polar surface area (TPSA) is 70.6 Å². The molecule has 28 heavy (non-hydrogen) atoms. The van der Waals surface area contributed by atoms with Crippen molar-refractivity contribution in [2.24, 2.45) is 0 Å². The smallest absolute Gasteiger partial charge is 0.276 e. The van der Waals surface area contributed by atoms with Crippen LogP contribution in [-0.2, 0) is 16.3 Å². The van der Waals surface area contributed by atoms with E-state index in [1.165, 1.54) is 5.56 Å². The molecule has 1 amide bonds. The van der Waals surface area contributed by atoms with E-state index >= 15 is 0 Å². The normalized spacial score (nSPS) is 20.6. The minimum atomic E-state index is -2.97. The van der Waals surface area contributed by atoms with Gasteiger partial charge in [-0.15, -0.1) is 0 Å². The molecule has 1 aromatic carbocycles. The van der Waals surface area contributed by atoms with Crippen molar-refractivity contribution in [3.63, 3.8) is 0 Å². The van der Waals surface area contributed by atoms with Gasteiger partial charge in [0.05, 0.1) is 11.5 Å². The number of benzene rings is 1. The molecule has 2 aromatic rings. The second-order valence-corrected chi connectivity index (χ2v) is 9.66. The van der Waals surface area contributed by atoms with Crippen molar-refractivity contribution in [1.29, 1.82) is 0 Å². The highest BCUT2D eigenvalue weighted by Gasteiger charge is 2.32. The number of para-hydroxylation sites is 1. The van der Waals surface area contributed by atoms with E-state index in [0.29, 0.717) is 25.2 Å². The molecule has 0 bridgehead atoms. The summed E-state index contributed by atoms with van der Waals surface area (Å²) in [4.78, 5) is 21.4. The molecule has 1 fully saturated rings. The zero-order chi connectivity index (χ0) is 19.7. The third kappa shape index (κ3) is 3.63. The number of carbonyl (C=O) groups is 1. The van der Waals surface area contributed by atoms with Crippen molar-refractivity contribution < 1.29 is 13.2 Å². The van der Waals surface area contributed by atoms with E-state index in [1.54, 1.807) is 17.2 Å². The van der Waals surface area contributed by atoms with Crippen LogP contribution < -0.4 is 9.80 Å². The molecule has 2 aliphatic heterocycles. The van der Waals surface area contributed by atoms with Gasteiger partial charge in [0, 0.05) is 36.7 Å². The summed E-state index contributed by atoms with van der Waals surface area (Å²) < 4.78 is 23.8. The molecule has 0 radical (unpaired) electrons. The number of hydrogen-bond acceptors (Lipinski definition) is 5. The fourth-order valence-corrected chi connectivity index (χ4v) is 6.00.